The SMILES string of the molecule is CC(C)(O)CC(=O)N1CCC[C@@H](Nc2nc(-c3cnn4ccccc34)nc(N3CCN(Cc4ccc(O)cc4)CC3)c2F)C1. The van der Waals surface area contributed by atoms with Crippen molar-refractivity contribution in [1.82, 2.24) is 29.4 Å². The second kappa shape index (κ2) is 12.4. The average Bonchev–Trinajstić information content (AvgIpc) is 3.43. The van der Waals surface area contributed by atoms with Crippen LogP contribution in [0.1, 0.15) is 38.7 Å². The van der Waals surface area contributed by atoms with Gasteiger partial charge in [-0.15, -0.1) is 0 Å². The van der Waals surface area contributed by atoms with Crippen LogP contribution in [-0.2, 0) is 11.3 Å². The molecule has 232 valence electrons. The van der Waals surface area contributed by atoms with Crippen molar-refractivity contribution in [3.8, 4) is 17.1 Å². The van der Waals surface area contributed by atoms with Gasteiger partial charge in [0.2, 0.25) is 11.7 Å². The number of hydrogen-bond donors (Lipinski definition) is 3. The molecule has 0 bridgehead atoms. The Kier molecular flexibility index (Phi) is 8.37. The maximum atomic E-state index is 16.3. The number of aliphatic hydroxyl groups is 1. The lowest BCUT2D eigenvalue weighted by Gasteiger charge is -2.36. The van der Waals surface area contributed by atoms with Crippen molar-refractivity contribution in [1.29, 1.82) is 0 Å². The minimum atomic E-state index is -1.09. The van der Waals surface area contributed by atoms with Gasteiger partial charge in [-0.3, -0.25) is 9.69 Å². The Morgan fingerprint density at radius 2 is 1.84 bits per heavy atom. The number of carbonyl (C=O) groups is 1. The number of nitrogens with one attached hydrogen (secondary N) is 1. The van der Waals surface area contributed by atoms with E-state index in [1.165, 1.54) is 0 Å². The highest BCUT2D eigenvalue weighted by Crippen LogP contribution is 2.31. The number of likely N-dealkylation sites (tertiary alicyclic amines) is 1. The lowest BCUT2D eigenvalue weighted by atomic mass is 10.0. The number of halogens is 1. The molecule has 2 fully saturated rings. The third-order valence-electron chi connectivity index (χ3n) is 8.21. The molecule has 0 saturated carbocycles. The van der Waals surface area contributed by atoms with Gasteiger partial charge in [0.05, 0.1) is 29.3 Å². The van der Waals surface area contributed by atoms with E-state index >= 15 is 4.39 Å². The van der Waals surface area contributed by atoms with E-state index in [1.54, 1.807) is 41.6 Å². The van der Waals surface area contributed by atoms with E-state index in [-0.39, 0.29) is 35.8 Å². The first kappa shape index (κ1) is 29.8. The number of nitrogens with zero attached hydrogens (tertiary/aromatic N) is 7. The second-order valence-corrected chi connectivity index (χ2v) is 12.4. The van der Waals surface area contributed by atoms with Crippen LogP contribution in [-0.4, -0.2) is 96.4 Å². The van der Waals surface area contributed by atoms with E-state index in [2.05, 4.69) is 20.3 Å². The number of pyridine rings is 1. The summed E-state index contributed by atoms with van der Waals surface area (Å²) in [6, 6.07) is 12.7. The predicted octanol–water partition coefficient (Wildman–Crippen LogP) is 3.52. The Bertz CT molecular complexity index is 1610. The Balaban J connectivity index is 1.25. The van der Waals surface area contributed by atoms with E-state index in [0.717, 1.165) is 43.6 Å². The molecule has 1 atom stereocenters. The Morgan fingerprint density at radius 1 is 1.07 bits per heavy atom. The number of carbonyl (C=O) groups excluding carboxylic acids is 1. The number of benzene rings is 1. The zero-order valence-electron chi connectivity index (χ0n) is 25.2. The normalized spacial score (nSPS) is 18.1. The number of piperidine rings is 1. The van der Waals surface area contributed by atoms with Gasteiger partial charge in [0.15, 0.2) is 17.5 Å². The molecule has 0 aliphatic carbocycles. The molecule has 44 heavy (non-hydrogen) atoms. The Labute approximate surface area is 255 Å². The molecule has 11 nitrogen and oxygen atoms in total. The van der Waals surface area contributed by atoms with Crippen LogP contribution in [0, 0.1) is 5.82 Å². The first-order chi connectivity index (χ1) is 21.1. The summed E-state index contributed by atoms with van der Waals surface area (Å²) in [4.78, 5) is 28.3. The number of aromatic nitrogens is 4. The minimum Gasteiger partial charge on any atom is -0.508 e. The molecule has 3 aromatic heterocycles. The molecule has 1 aromatic carbocycles. The van der Waals surface area contributed by atoms with Gasteiger partial charge >= 0.3 is 0 Å². The predicted molar refractivity (Wildman–Crippen MR) is 166 cm³/mol. The van der Waals surface area contributed by atoms with Gasteiger partial charge in [-0.1, -0.05) is 18.2 Å². The summed E-state index contributed by atoms with van der Waals surface area (Å²) in [6.07, 6.45) is 5.09. The Morgan fingerprint density at radius 3 is 2.59 bits per heavy atom. The molecule has 0 spiro atoms. The molecule has 5 heterocycles. The fraction of sp³-hybridized carbons (Fsp3) is 0.438. The number of amides is 1. The molecule has 6 rings (SSSR count). The van der Waals surface area contributed by atoms with Crippen LogP contribution in [0.15, 0.2) is 54.9 Å². The van der Waals surface area contributed by atoms with Gasteiger partial charge in [0, 0.05) is 58.1 Å². The number of piperazine rings is 1. The standard InChI is InChI=1S/C32H39FN8O3/c1-32(2,44)18-27(43)40-12-5-6-23(21-40)35-30-28(33)31(37-29(36-30)25-19-34-41-13-4-3-7-26(25)41)39-16-14-38(15-17-39)20-22-8-10-24(42)11-9-22/h3-4,7-11,13,19,23,42,44H,5-6,12,14-18,20-21H2,1-2H3,(H,35,36,37)/t23-/m1/s1. The largest absolute Gasteiger partial charge is 0.508 e. The zero-order valence-corrected chi connectivity index (χ0v) is 25.2. The van der Waals surface area contributed by atoms with Crippen molar-refractivity contribution < 1.29 is 19.4 Å². The van der Waals surface area contributed by atoms with Crippen molar-refractivity contribution >= 4 is 23.1 Å². The maximum absolute atomic E-state index is 16.3. The summed E-state index contributed by atoms with van der Waals surface area (Å²) >= 11 is 0. The van der Waals surface area contributed by atoms with Crippen molar-refractivity contribution in [2.24, 2.45) is 0 Å². The number of aromatic hydroxyl groups is 1. The smallest absolute Gasteiger partial charge is 0.225 e. The molecule has 2 aliphatic heterocycles. The van der Waals surface area contributed by atoms with E-state index in [0.29, 0.717) is 37.6 Å². The van der Waals surface area contributed by atoms with Crippen LogP contribution in [0.5, 0.6) is 5.75 Å². The first-order valence-corrected chi connectivity index (χ1v) is 15.2. The number of hydrogen-bond acceptors (Lipinski definition) is 9. The quantitative estimate of drug-likeness (QED) is 0.278. The van der Waals surface area contributed by atoms with Crippen molar-refractivity contribution in [3.05, 3.63) is 66.2 Å². The monoisotopic (exact) mass is 602 g/mol. The number of phenolic OH excluding ortho intramolecular Hbond substituents is 1. The maximum Gasteiger partial charge on any atom is 0.225 e. The van der Waals surface area contributed by atoms with Gasteiger partial charge in [-0.2, -0.15) is 9.49 Å². The number of rotatable bonds is 8. The second-order valence-electron chi connectivity index (χ2n) is 12.4. The summed E-state index contributed by atoms with van der Waals surface area (Å²) in [5.74, 6) is 0.326. The lowest BCUT2D eigenvalue weighted by molar-refractivity contribution is -0.136. The van der Waals surface area contributed by atoms with Gasteiger partial charge in [-0.25, -0.2) is 14.5 Å². The van der Waals surface area contributed by atoms with Gasteiger partial charge in [0.25, 0.3) is 0 Å². The molecule has 2 aliphatic rings. The lowest BCUT2D eigenvalue weighted by Crippen LogP contribution is -2.47. The molecule has 0 unspecified atom stereocenters. The summed E-state index contributed by atoms with van der Waals surface area (Å²) < 4.78 is 18.0. The van der Waals surface area contributed by atoms with Gasteiger partial charge in [-0.05, 0) is 56.5 Å². The van der Waals surface area contributed by atoms with Crippen LogP contribution in [0.25, 0.3) is 16.9 Å². The fourth-order valence-electron chi connectivity index (χ4n) is 5.94. The van der Waals surface area contributed by atoms with Crippen LogP contribution in [0.2, 0.25) is 0 Å². The van der Waals surface area contributed by atoms with Crippen LogP contribution in [0.3, 0.4) is 0 Å². The topological polar surface area (TPSA) is 122 Å². The number of anilines is 2. The molecular formula is C32H39FN8O3. The summed E-state index contributed by atoms with van der Waals surface area (Å²) in [5, 5.41) is 27.5. The molecule has 0 radical (unpaired) electrons. The molecule has 2 saturated heterocycles. The minimum absolute atomic E-state index is 0.0311. The van der Waals surface area contributed by atoms with Crippen molar-refractivity contribution in [2.75, 3.05) is 49.5 Å². The highest BCUT2D eigenvalue weighted by molar-refractivity contribution is 5.78. The third kappa shape index (κ3) is 6.76. The number of phenols is 1. The third-order valence-corrected chi connectivity index (χ3v) is 8.21. The van der Waals surface area contributed by atoms with Crippen molar-refractivity contribution in [3.63, 3.8) is 0 Å². The van der Waals surface area contributed by atoms with E-state index < -0.39 is 11.4 Å². The summed E-state index contributed by atoms with van der Waals surface area (Å²) in [6.45, 7) is 7.60. The molecule has 3 N–H and O–H groups in total. The highest BCUT2D eigenvalue weighted by Gasteiger charge is 2.30. The fourth-order valence-corrected chi connectivity index (χ4v) is 5.94. The van der Waals surface area contributed by atoms with Gasteiger partial charge in [0.1, 0.15) is 5.75 Å². The van der Waals surface area contributed by atoms with Crippen LogP contribution in [0.4, 0.5) is 16.0 Å². The molecule has 4 aromatic rings. The average molecular weight is 603 g/mol. The summed E-state index contributed by atoms with van der Waals surface area (Å²) in [7, 11) is 0. The van der Waals surface area contributed by atoms with Crippen molar-refractivity contribution in [2.45, 2.75) is 51.3 Å². The molecule has 12 heteroatoms. The molecule has 1 amide bonds. The number of fused-ring (bicyclic) bond motifs is 1. The van der Waals surface area contributed by atoms with Crippen LogP contribution < -0.4 is 10.2 Å². The van der Waals surface area contributed by atoms with E-state index in [9.17, 15) is 15.0 Å². The van der Waals surface area contributed by atoms with Gasteiger partial charge < -0.3 is 25.3 Å². The first-order valence-electron chi connectivity index (χ1n) is 15.2. The Hall–Kier alpha value is -4.29. The molecular weight excluding hydrogens is 563 g/mol. The zero-order chi connectivity index (χ0) is 30.8. The van der Waals surface area contributed by atoms with E-state index in [1.807, 2.05) is 41.4 Å². The van der Waals surface area contributed by atoms with E-state index in [4.69, 9.17) is 4.98 Å². The highest BCUT2D eigenvalue weighted by atomic mass is 19.1. The van der Waals surface area contributed by atoms with Crippen LogP contribution >= 0.6 is 0 Å². The summed E-state index contributed by atoms with van der Waals surface area (Å²) in [5.41, 5.74) is 1.53.